The van der Waals surface area contributed by atoms with Gasteiger partial charge >= 0.3 is 0 Å². The number of hydrogen-bond donors (Lipinski definition) is 2. The van der Waals surface area contributed by atoms with E-state index in [1.165, 1.54) is 0 Å². The van der Waals surface area contributed by atoms with Crippen molar-refractivity contribution in [3.63, 3.8) is 0 Å². The third-order valence-corrected chi connectivity index (χ3v) is 2.57. The van der Waals surface area contributed by atoms with E-state index in [-0.39, 0.29) is 6.10 Å². The summed E-state index contributed by atoms with van der Waals surface area (Å²) in [7, 11) is 0. The molecule has 1 atom stereocenters. The van der Waals surface area contributed by atoms with Crippen LogP contribution >= 0.6 is 0 Å². The average Bonchev–Trinajstić information content (AvgIpc) is 2.74. The molecule has 2 N–H and O–H groups in total. The summed E-state index contributed by atoms with van der Waals surface area (Å²) in [6, 6.07) is 0.486. The molecule has 0 aromatic carbocycles. The van der Waals surface area contributed by atoms with E-state index in [9.17, 15) is 0 Å². The van der Waals surface area contributed by atoms with Gasteiger partial charge < -0.3 is 15.0 Å². The smallest absolute Gasteiger partial charge is 0.135 e. The zero-order valence-electron chi connectivity index (χ0n) is 11.4. The monoisotopic (exact) mass is 239 g/mol. The molecule has 1 rings (SSSR count). The van der Waals surface area contributed by atoms with Crippen molar-refractivity contribution in [2.45, 2.75) is 59.2 Å². The van der Waals surface area contributed by atoms with Gasteiger partial charge in [0.25, 0.3) is 0 Å². The van der Waals surface area contributed by atoms with Crippen LogP contribution in [0.3, 0.4) is 0 Å². The molecule has 0 bridgehead atoms. The molecule has 0 radical (unpaired) electrons. The number of imidazole rings is 1. The molecular weight excluding hydrogens is 214 g/mol. The maximum absolute atomic E-state index is 5.69. The number of nitrogens with one attached hydrogen (secondary N) is 2. The molecule has 1 aromatic rings. The highest BCUT2D eigenvalue weighted by atomic mass is 16.5. The minimum Gasteiger partial charge on any atom is -0.371 e. The van der Waals surface area contributed by atoms with E-state index in [1.807, 2.05) is 13.1 Å². The molecule has 17 heavy (non-hydrogen) atoms. The third kappa shape index (κ3) is 4.88. The number of aromatic amines is 1. The predicted molar refractivity (Wildman–Crippen MR) is 69.8 cm³/mol. The number of aromatic nitrogens is 2. The fourth-order valence-electron chi connectivity index (χ4n) is 1.71. The maximum Gasteiger partial charge on any atom is 0.135 e. The Hall–Kier alpha value is -0.870. The Labute approximate surface area is 104 Å². The summed E-state index contributed by atoms with van der Waals surface area (Å²) in [6.07, 6.45) is 4.12. The SMILES string of the molecule is CCCC(OCC)c1ncc(CNC(C)C)[nH]1. The quantitative estimate of drug-likeness (QED) is 0.733. The summed E-state index contributed by atoms with van der Waals surface area (Å²) < 4.78 is 5.69. The lowest BCUT2D eigenvalue weighted by atomic mass is 10.2. The van der Waals surface area contributed by atoms with Gasteiger partial charge in [0.05, 0.1) is 0 Å². The van der Waals surface area contributed by atoms with Crippen LogP contribution in [-0.4, -0.2) is 22.6 Å². The number of ether oxygens (including phenoxy) is 1. The van der Waals surface area contributed by atoms with E-state index in [1.54, 1.807) is 0 Å². The summed E-state index contributed by atoms with van der Waals surface area (Å²) in [4.78, 5) is 7.75. The second kappa shape index (κ2) is 7.45. The van der Waals surface area contributed by atoms with Gasteiger partial charge in [-0.05, 0) is 13.3 Å². The van der Waals surface area contributed by atoms with E-state index in [2.05, 4.69) is 36.1 Å². The van der Waals surface area contributed by atoms with Crippen molar-refractivity contribution in [2.75, 3.05) is 6.61 Å². The van der Waals surface area contributed by atoms with Crippen molar-refractivity contribution in [1.29, 1.82) is 0 Å². The van der Waals surface area contributed by atoms with Crippen LogP contribution in [-0.2, 0) is 11.3 Å². The first kappa shape index (κ1) is 14.2. The Morgan fingerprint density at radius 3 is 2.76 bits per heavy atom. The first-order valence-electron chi connectivity index (χ1n) is 6.56. The van der Waals surface area contributed by atoms with Crippen LogP contribution in [0.15, 0.2) is 6.20 Å². The first-order valence-corrected chi connectivity index (χ1v) is 6.56. The van der Waals surface area contributed by atoms with Crippen molar-refractivity contribution >= 4 is 0 Å². The summed E-state index contributed by atoms with van der Waals surface area (Å²) in [5.74, 6) is 0.953. The number of H-pyrrole nitrogens is 1. The molecule has 0 saturated carbocycles. The summed E-state index contributed by atoms with van der Waals surface area (Å²) in [5, 5.41) is 3.37. The molecule has 0 aliphatic rings. The lowest BCUT2D eigenvalue weighted by molar-refractivity contribution is 0.0499. The molecule has 1 aromatic heterocycles. The van der Waals surface area contributed by atoms with Crippen LogP contribution in [0.1, 0.15) is 58.2 Å². The molecule has 0 saturated heterocycles. The number of rotatable bonds is 8. The van der Waals surface area contributed by atoms with E-state index < -0.39 is 0 Å². The summed E-state index contributed by atoms with van der Waals surface area (Å²) in [6.45, 7) is 10.0. The summed E-state index contributed by atoms with van der Waals surface area (Å²) in [5.41, 5.74) is 1.12. The normalized spacial score (nSPS) is 13.2. The Morgan fingerprint density at radius 2 is 2.18 bits per heavy atom. The molecule has 0 aliphatic carbocycles. The summed E-state index contributed by atoms with van der Waals surface area (Å²) >= 11 is 0. The van der Waals surface area contributed by atoms with Crippen LogP contribution in [0.2, 0.25) is 0 Å². The number of hydrogen-bond acceptors (Lipinski definition) is 3. The van der Waals surface area contributed by atoms with Crippen molar-refractivity contribution in [1.82, 2.24) is 15.3 Å². The second-order valence-corrected chi connectivity index (χ2v) is 4.56. The first-order chi connectivity index (χ1) is 8.17. The Morgan fingerprint density at radius 1 is 1.41 bits per heavy atom. The average molecular weight is 239 g/mol. The van der Waals surface area contributed by atoms with Crippen LogP contribution in [0.5, 0.6) is 0 Å². The van der Waals surface area contributed by atoms with E-state index in [4.69, 9.17) is 4.74 Å². The fraction of sp³-hybridized carbons (Fsp3) is 0.769. The molecule has 0 aliphatic heterocycles. The molecule has 1 unspecified atom stereocenters. The number of nitrogens with zero attached hydrogens (tertiary/aromatic N) is 1. The van der Waals surface area contributed by atoms with Gasteiger partial charge in [-0.2, -0.15) is 0 Å². The molecule has 0 amide bonds. The fourth-order valence-corrected chi connectivity index (χ4v) is 1.71. The van der Waals surface area contributed by atoms with Gasteiger partial charge in [-0.25, -0.2) is 4.98 Å². The second-order valence-electron chi connectivity index (χ2n) is 4.56. The van der Waals surface area contributed by atoms with Crippen LogP contribution in [0.4, 0.5) is 0 Å². The highest BCUT2D eigenvalue weighted by Gasteiger charge is 2.14. The topological polar surface area (TPSA) is 49.9 Å². The van der Waals surface area contributed by atoms with Gasteiger partial charge in [0, 0.05) is 31.1 Å². The van der Waals surface area contributed by atoms with Crippen molar-refractivity contribution in [3.05, 3.63) is 17.7 Å². The minimum atomic E-state index is 0.109. The van der Waals surface area contributed by atoms with Gasteiger partial charge in [-0.15, -0.1) is 0 Å². The third-order valence-electron chi connectivity index (χ3n) is 2.57. The van der Waals surface area contributed by atoms with E-state index >= 15 is 0 Å². The molecule has 4 nitrogen and oxygen atoms in total. The Balaban J connectivity index is 2.57. The van der Waals surface area contributed by atoms with Crippen molar-refractivity contribution < 1.29 is 4.74 Å². The van der Waals surface area contributed by atoms with Crippen LogP contribution in [0, 0.1) is 0 Å². The largest absolute Gasteiger partial charge is 0.371 e. The predicted octanol–water partition coefficient (Wildman–Crippen LogP) is 2.79. The maximum atomic E-state index is 5.69. The molecule has 98 valence electrons. The van der Waals surface area contributed by atoms with Gasteiger partial charge in [-0.3, -0.25) is 0 Å². The molecule has 0 spiro atoms. The zero-order chi connectivity index (χ0) is 12.7. The van der Waals surface area contributed by atoms with Crippen molar-refractivity contribution in [2.24, 2.45) is 0 Å². The van der Waals surface area contributed by atoms with Gasteiger partial charge in [0.2, 0.25) is 0 Å². The molecule has 1 heterocycles. The van der Waals surface area contributed by atoms with Gasteiger partial charge in [0.15, 0.2) is 0 Å². The van der Waals surface area contributed by atoms with Crippen LogP contribution < -0.4 is 5.32 Å². The van der Waals surface area contributed by atoms with E-state index in [0.29, 0.717) is 6.04 Å². The molecular formula is C13H25N3O. The lowest BCUT2D eigenvalue weighted by Crippen LogP contribution is -2.22. The van der Waals surface area contributed by atoms with Crippen LogP contribution in [0.25, 0.3) is 0 Å². The Kier molecular flexibility index (Phi) is 6.22. The molecule has 0 fully saturated rings. The van der Waals surface area contributed by atoms with Gasteiger partial charge in [0.1, 0.15) is 11.9 Å². The van der Waals surface area contributed by atoms with Crippen molar-refractivity contribution in [3.8, 4) is 0 Å². The highest BCUT2D eigenvalue weighted by molar-refractivity contribution is 5.03. The zero-order valence-corrected chi connectivity index (χ0v) is 11.4. The lowest BCUT2D eigenvalue weighted by Gasteiger charge is -2.13. The molecule has 4 heteroatoms. The standard InChI is InChI=1S/C13H25N3O/c1-5-7-12(17-6-2)13-15-9-11(16-13)8-14-10(3)4/h9-10,12,14H,5-8H2,1-4H3,(H,15,16). The highest BCUT2D eigenvalue weighted by Crippen LogP contribution is 2.19. The van der Waals surface area contributed by atoms with E-state index in [0.717, 1.165) is 37.5 Å². The Bertz CT molecular complexity index is 303. The minimum absolute atomic E-state index is 0.109. The van der Waals surface area contributed by atoms with Gasteiger partial charge in [-0.1, -0.05) is 27.2 Å².